The van der Waals surface area contributed by atoms with Crippen LogP contribution in [0.5, 0.6) is 0 Å². The largest absolute Gasteiger partial charge is 0.309 e. The van der Waals surface area contributed by atoms with Gasteiger partial charge < -0.3 is 9.47 Å². The Morgan fingerprint density at radius 3 is 1.88 bits per heavy atom. The smallest absolute Gasteiger partial charge is 0.0640 e. The lowest BCUT2D eigenvalue weighted by atomic mass is 9.94. The monoisotopic (exact) mass is 666 g/mol. The first kappa shape index (κ1) is 28.4. The van der Waals surface area contributed by atoms with Crippen molar-refractivity contribution in [1.29, 1.82) is 0 Å². The van der Waals surface area contributed by atoms with Crippen molar-refractivity contribution in [2.24, 2.45) is 0 Å². The second-order valence-electron chi connectivity index (χ2n) is 13.3. The Morgan fingerprint density at radius 2 is 1.00 bits per heavy atom. The Hall–Kier alpha value is -6.42. The molecule has 238 valence electrons. The van der Waals surface area contributed by atoms with Crippen LogP contribution in [0.2, 0.25) is 0 Å². The molecule has 51 heavy (non-hydrogen) atoms. The summed E-state index contributed by atoms with van der Waals surface area (Å²) in [6.45, 7) is 0. The predicted octanol–water partition coefficient (Wildman–Crippen LogP) is 14.1. The quantitative estimate of drug-likeness (QED) is 0.170. The van der Waals surface area contributed by atoms with Gasteiger partial charge in [0.15, 0.2) is 0 Å². The molecule has 3 heteroatoms. The third kappa shape index (κ3) is 4.16. The van der Waals surface area contributed by atoms with Gasteiger partial charge in [0.1, 0.15) is 0 Å². The van der Waals surface area contributed by atoms with E-state index < -0.39 is 0 Å². The van der Waals surface area contributed by atoms with Gasteiger partial charge >= 0.3 is 0 Å². The Bertz CT molecular complexity index is 3150. The van der Waals surface area contributed by atoms with E-state index in [2.05, 4.69) is 191 Å². The third-order valence-corrected chi connectivity index (χ3v) is 11.7. The molecule has 0 unspecified atom stereocenters. The van der Waals surface area contributed by atoms with Crippen LogP contribution >= 0.6 is 11.3 Å². The molecular weight excluding hydrogens is 637 g/mol. The Morgan fingerprint density at radius 1 is 0.373 bits per heavy atom. The van der Waals surface area contributed by atoms with E-state index in [4.69, 9.17) is 0 Å². The molecule has 0 saturated carbocycles. The molecule has 0 radical (unpaired) electrons. The molecule has 11 aromatic rings. The fourth-order valence-corrected chi connectivity index (χ4v) is 9.59. The minimum Gasteiger partial charge on any atom is -0.309 e. The third-order valence-electron chi connectivity index (χ3n) is 10.5. The minimum atomic E-state index is 1.15. The van der Waals surface area contributed by atoms with E-state index in [0.29, 0.717) is 0 Å². The van der Waals surface area contributed by atoms with Crippen LogP contribution in [0.3, 0.4) is 0 Å². The molecule has 0 spiro atoms. The van der Waals surface area contributed by atoms with E-state index in [0.717, 1.165) is 11.4 Å². The first-order valence-electron chi connectivity index (χ1n) is 17.4. The number of hydrogen-bond donors (Lipinski definition) is 0. The Labute approximate surface area is 298 Å². The summed E-state index contributed by atoms with van der Waals surface area (Å²) in [5.74, 6) is 0. The second-order valence-corrected chi connectivity index (χ2v) is 14.3. The van der Waals surface area contributed by atoms with Gasteiger partial charge in [-0.2, -0.15) is 0 Å². The average Bonchev–Trinajstić information content (AvgIpc) is 3.75. The van der Waals surface area contributed by atoms with Gasteiger partial charge in [-0.15, -0.1) is 11.3 Å². The molecule has 2 nitrogen and oxygen atoms in total. The molecule has 2 heterocycles. The van der Waals surface area contributed by atoms with Gasteiger partial charge in [-0.25, -0.2) is 0 Å². The van der Waals surface area contributed by atoms with E-state index in [1.165, 1.54) is 85.7 Å². The topological polar surface area (TPSA) is 8.17 Å². The molecule has 2 aromatic heterocycles. The molecule has 0 bridgehead atoms. The zero-order valence-corrected chi connectivity index (χ0v) is 28.4. The van der Waals surface area contributed by atoms with E-state index in [9.17, 15) is 0 Å². The number of nitrogens with zero attached hydrogens (tertiary/aromatic N) is 2. The number of rotatable bonds is 4. The van der Waals surface area contributed by atoms with Crippen LogP contribution in [0, 0.1) is 0 Å². The van der Waals surface area contributed by atoms with Crippen molar-refractivity contribution in [2.75, 3.05) is 4.90 Å². The van der Waals surface area contributed by atoms with Gasteiger partial charge in [0.2, 0.25) is 0 Å². The van der Waals surface area contributed by atoms with Crippen LogP contribution < -0.4 is 4.90 Å². The van der Waals surface area contributed by atoms with E-state index in [1.807, 2.05) is 11.3 Å². The number of fused-ring (bicyclic) bond motifs is 11. The fraction of sp³-hybridized carbons (Fsp3) is 0. The number of hydrogen-bond acceptors (Lipinski definition) is 2. The first-order valence-corrected chi connectivity index (χ1v) is 18.3. The van der Waals surface area contributed by atoms with Crippen LogP contribution in [0.4, 0.5) is 17.1 Å². The molecule has 0 aliphatic heterocycles. The molecule has 0 atom stereocenters. The average molecular weight is 667 g/mol. The van der Waals surface area contributed by atoms with Crippen molar-refractivity contribution in [2.45, 2.75) is 0 Å². The van der Waals surface area contributed by atoms with Crippen molar-refractivity contribution in [3.63, 3.8) is 0 Å². The molecule has 9 aromatic carbocycles. The Kier molecular flexibility index (Phi) is 6.16. The van der Waals surface area contributed by atoms with Crippen LogP contribution in [-0.2, 0) is 0 Å². The van der Waals surface area contributed by atoms with Gasteiger partial charge in [0.25, 0.3) is 0 Å². The van der Waals surface area contributed by atoms with Crippen LogP contribution in [0.25, 0.3) is 80.0 Å². The van der Waals surface area contributed by atoms with Crippen molar-refractivity contribution < 1.29 is 0 Å². The summed E-state index contributed by atoms with van der Waals surface area (Å²) in [5.41, 5.74) is 7.05. The second kappa shape index (κ2) is 11.0. The summed E-state index contributed by atoms with van der Waals surface area (Å²) in [6.07, 6.45) is 0. The highest BCUT2D eigenvalue weighted by Gasteiger charge is 2.25. The van der Waals surface area contributed by atoms with Crippen molar-refractivity contribution >= 4 is 103 Å². The molecular formula is C48H30N2S. The minimum absolute atomic E-state index is 1.15. The fourth-order valence-electron chi connectivity index (χ4n) is 8.38. The highest BCUT2D eigenvalue weighted by Crippen LogP contribution is 2.51. The highest BCUT2D eigenvalue weighted by molar-refractivity contribution is 7.26. The summed E-state index contributed by atoms with van der Waals surface area (Å²) in [7, 11) is 0. The molecule has 11 rings (SSSR count). The highest BCUT2D eigenvalue weighted by atomic mass is 32.1. The molecule has 0 fully saturated rings. The predicted molar refractivity (Wildman–Crippen MR) is 221 cm³/mol. The van der Waals surface area contributed by atoms with Crippen LogP contribution in [0.1, 0.15) is 0 Å². The molecule has 0 aliphatic carbocycles. The number of para-hydroxylation sites is 2. The molecule has 0 aliphatic rings. The number of aromatic nitrogens is 1. The SMILES string of the molecule is c1ccc(-n2c3ccccc3c3c(N(c4cc5ccc6ccccc6c5c5ccccc45)c4cccc5c4sc4ccccc45)cccc32)cc1. The first-order chi connectivity index (χ1) is 25.3. The summed E-state index contributed by atoms with van der Waals surface area (Å²) in [4.78, 5) is 2.55. The van der Waals surface area contributed by atoms with Gasteiger partial charge in [-0.3, -0.25) is 0 Å². The maximum atomic E-state index is 2.55. The summed E-state index contributed by atoms with van der Waals surface area (Å²) < 4.78 is 5.00. The van der Waals surface area contributed by atoms with Gasteiger partial charge in [-0.1, -0.05) is 133 Å². The van der Waals surface area contributed by atoms with E-state index in [1.54, 1.807) is 0 Å². The number of benzene rings is 9. The summed E-state index contributed by atoms with van der Waals surface area (Å²) >= 11 is 1.88. The maximum Gasteiger partial charge on any atom is 0.0640 e. The van der Waals surface area contributed by atoms with Crippen molar-refractivity contribution in [1.82, 2.24) is 4.57 Å². The van der Waals surface area contributed by atoms with Gasteiger partial charge in [-0.05, 0) is 75.5 Å². The zero-order chi connectivity index (χ0) is 33.5. The summed E-state index contributed by atoms with van der Waals surface area (Å²) in [6, 6.07) is 66.8. The van der Waals surface area contributed by atoms with Gasteiger partial charge in [0.05, 0.1) is 32.8 Å². The van der Waals surface area contributed by atoms with Crippen molar-refractivity contribution in [3.8, 4) is 5.69 Å². The lowest BCUT2D eigenvalue weighted by molar-refractivity contribution is 1.18. The maximum absolute atomic E-state index is 2.55. The van der Waals surface area contributed by atoms with Crippen LogP contribution in [-0.4, -0.2) is 4.57 Å². The molecule has 0 saturated heterocycles. The lowest BCUT2D eigenvalue weighted by Gasteiger charge is -2.29. The van der Waals surface area contributed by atoms with E-state index >= 15 is 0 Å². The summed E-state index contributed by atoms with van der Waals surface area (Å²) in [5, 5.41) is 12.6. The Balaban J connectivity index is 1.32. The lowest BCUT2D eigenvalue weighted by Crippen LogP contribution is -2.11. The molecule has 0 amide bonds. The normalized spacial score (nSPS) is 11.9. The van der Waals surface area contributed by atoms with Crippen LogP contribution in [0.15, 0.2) is 182 Å². The number of thiophene rings is 1. The van der Waals surface area contributed by atoms with Gasteiger partial charge in [0, 0.05) is 37.3 Å². The van der Waals surface area contributed by atoms with Crippen molar-refractivity contribution in [3.05, 3.63) is 182 Å². The zero-order valence-electron chi connectivity index (χ0n) is 27.6. The van der Waals surface area contributed by atoms with E-state index in [-0.39, 0.29) is 0 Å². The number of anilines is 3. The standard InChI is InChI=1S/C48H30N2S/c1-2-15-33(16-3-1)49-40-23-10-8-21-39(40)47-41(49)24-13-25-42(47)50(43-26-12-22-38-36-19-9-11-27-45(36)51-48(38)43)44-30-32-29-28-31-14-4-5-17-34(31)46(32)37-20-7-6-18-35(37)44/h1-30H. The molecule has 0 N–H and O–H groups in total.